The summed E-state index contributed by atoms with van der Waals surface area (Å²) < 4.78 is 15.4. The monoisotopic (exact) mass is 313 g/mol. The topological polar surface area (TPSA) is 68.8 Å². The Balaban J connectivity index is 2.26. The van der Waals surface area contributed by atoms with Gasteiger partial charge in [-0.25, -0.2) is 9.37 Å². The molecule has 0 fully saturated rings. The number of halogens is 2. The maximum Gasteiger partial charge on any atom is 0.138 e. The fourth-order valence-electron chi connectivity index (χ4n) is 1.73. The van der Waals surface area contributed by atoms with Crippen molar-refractivity contribution < 1.29 is 4.39 Å². The fourth-order valence-corrected chi connectivity index (χ4v) is 2.36. The van der Waals surface area contributed by atoms with Gasteiger partial charge in [-0.1, -0.05) is 22.0 Å². The van der Waals surface area contributed by atoms with Crippen LogP contribution in [0.1, 0.15) is 17.4 Å². The van der Waals surface area contributed by atoms with Gasteiger partial charge in [-0.05, 0) is 17.7 Å². The molecule has 0 aliphatic rings. The van der Waals surface area contributed by atoms with Crippen LogP contribution >= 0.6 is 15.9 Å². The molecule has 0 spiro atoms. The molecular formula is C11H13BrFN5. The molecule has 7 heteroatoms. The second kappa shape index (κ2) is 5.55. The zero-order valence-electron chi connectivity index (χ0n) is 9.77. The number of hydrogen-bond acceptors (Lipinski definition) is 4. The van der Waals surface area contributed by atoms with Crippen LogP contribution in [0.25, 0.3) is 0 Å². The van der Waals surface area contributed by atoms with Crippen LogP contribution in [0.2, 0.25) is 0 Å². The van der Waals surface area contributed by atoms with Gasteiger partial charge >= 0.3 is 0 Å². The molecule has 18 heavy (non-hydrogen) atoms. The van der Waals surface area contributed by atoms with Crippen LogP contribution < -0.4 is 11.3 Å². The molecule has 1 heterocycles. The lowest BCUT2D eigenvalue weighted by Gasteiger charge is -2.17. The normalized spacial score (nSPS) is 12.7. The first-order chi connectivity index (χ1) is 8.61. The average molecular weight is 314 g/mol. The van der Waals surface area contributed by atoms with Crippen molar-refractivity contribution in [2.24, 2.45) is 12.9 Å². The van der Waals surface area contributed by atoms with Gasteiger partial charge in [0, 0.05) is 17.9 Å². The lowest BCUT2D eigenvalue weighted by atomic mass is 10.0. The van der Waals surface area contributed by atoms with Crippen molar-refractivity contribution in [3.8, 4) is 0 Å². The van der Waals surface area contributed by atoms with E-state index in [1.165, 1.54) is 18.5 Å². The van der Waals surface area contributed by atoms with Crippen LogP contribution in [-0.2, 0) is 13.5 Å². The molecule has 0 radical (unpaired) electrons. The van der Waals surface area contributed by atoms with Gasteiger partial charge in [0.05, 0.1) is 6.04 Å². The smallest absolute Gasteiger partial charge is 0.138 e. The van der Waals surface area contributed by atoms with Crippen molar-refractivity contribution in [2.75, 3.05) is 0 Å². The van der Waals surface area contributed by atoms with E-state index in [-0.39, 0.29) is 11.9 Å². The van der Waals surface area contributed by atoms with Crippen LogP contribution in [0.5, 0.6) is 0 Å². The second-order valence-electron chi connectivity index (χ2n) is 3.89. The minimum atomic E-state index is -0.292. The number of hydrazine groups is 1. The van der Waals surface area contributed by atoms with Crippen LogP contribution in [-0.4, -0.2) is 14.8 Å². The van der Waals surface area contributed by atoms with Crippen LogP contribution in [0.15, 0.2) is 29.0 Å². The molecule has 5 nitrogen and oxygen atoms in total. The van der Waals surface area contributed by atoms with Gasteiger partial charge in [-0.15, -0.1) is 0 Å². The highest BCUT2D eigenvalue weighted by Gasteiger charge is 2.16. The van der Waals surface area contributed by atoms with Crippen molar-refractivity contribution in [1.82, 2.24) is 20.2 Å². The lowest BCUT2D eigenvalue weighted by Crippen LogP contribution is -2.30. The van der Waals surface area contributed by atoms with E-state index >= 15 is 0 Å². The predicted octanol–water partition coefficient (Wildman–Crippen LogP) is 1.46. The summed E-state index contributed by atoms with van der Waals surface area (Å²) in [6.45, 7) is 0. The number of hydrogen-bond donors (Lipinski definition) is 2. The molecular weight excluding hydrogens is 301 g/mol. The van der Waals surface area contributed by atoms with Gasteiger partial charge in [0.1, 0.15) is 18.0 Å². The molecule has 1 aromatic carbocycles. The SMILES string of the molecule is Cn1ncnc1CC(NN)c1ccc(F)cc1Br. The zero-order chi connectivity index (χ0) is 13.1. The van der Waals surface area contributed by atoms with Gasteiger partial charge in [-0.3, -0.25) is 16.0 Å². The van der Waals surface area contributed by atoms with Crippen molar-refractivity contribution >= 4 is 15.9 Å². The highest BCUT2D eigenvalue weighted by molar-refractivity contribution is 9.10. The molecule has 1 atom stereocenters. The van der Waals surface area contributed by atoms with Crippen molar-refractivity contribution in [2.45, 2.75) is 12.5 Å². The highest BCUT2D eigenvalue weighted by Crippen LogP contribution is 2.25. The van der Waals surface area contributed by atoms with Gasteiger partial charge in [0.2, 0.25) is 0 Å². The lowest BCUT2D eigenvalue weighted by molar-refractivity contribution is 0.520. The molecule has 0 aliphatic heterocycles. The summed E-state index contributed by atoms with van der Waals surface area (Å²) in [5.41, 5.74) is 3.59. The van der Waals surface area contributed by atoms with Gasteiger partial charge < -0.3 is 0 Å². The van der Waals surface area contributed by atoms with Gasteiger partial charge in [-0.2, -0.15) is 5.10 Å². The van der Waals surface area contributed by atoms with E-state index in [0.29, 0.717) is 10.9 Å². The first-order valence-corrected chi connectivity index (χ1v) is 6.15. The first-order valence-electron chi connectivity index (χ1n) is 5.35. The summed E-state index contributed by atoms with van der Waals surface area (Å²) >= 11 is 3.33. The number of aryl methyl sites for hydroxylation is 1. The van der Waals surface area contributed by atoms with E-state index in [0.717, 1.165) is 11.4 Å². The Kier molecular flexibility index (Phi) is 4.05. The number of aromatic nitrogens is 3. The summed E-state index contributed by atoms with van der Waals surface area (Å²) in [4.78, 5) is 4.14. The predicted molar refractivity (Wildman–Crippen MR) is 68.9 cm³/mol. The minimum absolute atomic E-state index is 0.164. The Morgan fingerprint density at radius 3 is 2.89 bits per heavy atom. The second-order valence-corrected chi connectivity index (χ2v) is 4.74. The summed E-state index contributed by atoms with van der Waals surface area (Å²) in [6, 6.07) is 4.35. The maximum atomic E-state index is 13.0. The molecule has 0 saturated heterocycles. The molecule has 0 aliphatic carbocycles. The zero-order valence-corrected chi connectivity index (χ0v) is 11.4. The Morgan fingerprint density at radius 1 is 1.56 bits per heavy atom. The summed E-state index contributed by atoms with van der Waals surface area (Å²) in [7, 11) is 1.82. The first kappa shape index (κ1) is 13.1. The molecule has 0 bridgehead atoms. The Morgan fingerprint density at radius 2 is 2.33 bits per heavy atom. The third kappa shape index (κ3) is 2.74. The van der Waals surface area contributed by atoms with E-state index in [1.807, 2.05) is 7.05 Å². The van der Waals surface area contributed by atoms with Crippen LogP contribution in [0.4, 0.5) is 4.39 Å². The van der Waals surface area contributed by atoms with Crippen molar-refractivity contribution in [1.29, 1.82) is 0 Å². The van der Waals surface area contributed by atoms with Crippen molar-refractivity contribution in [3.63, 3.8) is 0 Å². The Labute approximate surface area is 112 Å². The summed E-state index contributed by atoms with van der Waals surface area (Å²) in [6.07, 6.45) is 2.06. The molecule has 2 rings (SSSR count). The van der Waals surface area contributed by atoms with Crippen LogP contribution in [0.3, 0.4) is 0 Å². The highest BCUT2D eigenvalue weighted by atomic mass is 79.9. The number of rotatable bonds is 4. The van der Waals surface area contributed by atoms with Gasteiger partial charge in [0.25, 0.3) is 0 Å². The largest absolute Gasteiger partial charge is 0.271 e. The molecule has 2 aromatic rings. The number of nitrogens with two attached hydrogens (primary N) is 1. The van der Waals surface area contributed by atoms with Crippen LogP contribution in [0, 0.1) is 5.82 Å². The summed E-state index contributed by atoms with van der Waals surface area (Å²) in [5, 5.41) is 4.00. The van der Waals surface area contributed by atoms with E-state index in [9.17, 15) is 4.39 Å². The third-order valence-electron chi connectivity index (χ3n) is 2.73. The number of nitrogens with one attached hydrogen (secondary N) is 1. The number of nitrogens with zero attached hydrogens (tertiary/aromatic N) is 3. The maximum absolute atomic E-state index is 13.0. The van der Waals surface area contributed by atoms with E-state index in [1.54, 1.807) is 10.7 Å². The van der Waals surface area contributed by atoms with E-state index in [2.05, 4.69) is 31.4 Å². The molecule has 3 N–H and O–H groups in total. The summed E-state index contributed by atoms with van der Waals surface area (Å²) in [5.74, 6) is 6.06. The quantitative estimate of drug-likeness (QED) is 0.662. The Hall–Kier alpha value is -1.31. The molecule has 0 saturated carbocycles. The minimum Gasteiger partial charge on any atom is -0.271 e. The molecule has 1 unspecified atom stereocenters. The molecule has 0 amide bonds. The molecule has 1 aromatic heterocycles. The van der Waals surface area contributed by atoms with E-state index in [4.69, 9.17) is 5.84 Å². The van der Waals surface area contributed by atoms with Crippen molar-refractivity contribution in [3.05, 3.63) is 46.2 Å². The Bertz CT molecular complexity index is 542. The molecule has 96 valence electrons. The van der Waals surface area contributed by atoms with E-state index < -0.39 is 0 Å². The fraction of sp³-hybridized carbons (Fsp3) is 0.273. The number of benzene rings is 1. The third-order valence-corrected chi connectivity index (χ3v) is 3.42. The van der Waals surface area contributed by atoms with Gasteiger partial charge in [0.15, 0.2) is 0 Å². The average Bonchev–Trinajstić information content (AvgIpc) is 2.73. The standard InChI is InChI=1S/C11H13BrFN5/c1-18-11(15-6-16-18)5-10(17-14)8-3-2-7(13)4-9(8)12/h2-4,6,10,17H,5,14H2,1H3.